The van der Waals surface area contributed by atoms with Gasteiger partial charge in [0.15, 0.2) is 0 Å². The molecule has 3 aliphatic rings. The molecule has 9 nitrogen and oxygen atoms in total. The van der Waals surface area contributed by atoms with E-state index < -0.39 is 0 Å². The Labute approximate surface area is 261 Å². The van der Waals surface area contributed by atoms with Crippen LogP contribution in [0.25, 0.3) is 11.1 Å². The normalized spacial score (nSPS) is 20.7. The van der Waals surface area contributed by atoms with Gasteiger partial charge >= 0.3 is 0 Å². The van der Waals surface area contributed by atoms with E-state index in [1.54, 1.807) is 31.4 Å². The van der Waals surface area contributed by atoms with E-state index in [1.165, 1.54) is 25.6 Å². The van der Waals surface area contributed by atoms with E-state index in [1.807, 2.05) is 11.0 Å². The second-order valence-corrected chi connectivity index (χ2v) is 12.3. The van der Waals surface area contributed by atoms with E-state index in [0.29, 0.717) is 58.3 Å². The molecule has 0 bridgehead atoms. The number of aromatic nitrogens is 2. The highest BCUT2D eigenvalue weighted by molar-refractivity contribution is 6.34. The summed E-state index contributed by atoms with van der Waals surface area (Å²) < 4.78 is 24.5. The lowest BCUT2D eigenvalue weighted by molar-refractivity contribution is -0.135. The second-order valence-electron chi connectivity index (χ2n) is 11.9. The summed E-state index contributed by atoms with van der Waals surface area (Å²) in [6.07, 6.45) is 4.80. The maximum atomic E-state index is 13.9. The lowest BCUT2D eigenvalue weighted by Gasteiger charge is -2.34. The third-order valence-electron chi connectivity index (χ3n) is 9.39. The van der Waals surface area contributed by atoms with E-state index >= 15 is 0 Å². The SMILES string of the molecule is COc1cc(N2CCC(C(=O)N3C[C@H]4CCN(C(=O)c5ccc(-c6cc(F)ccc6OC)cc5Cl)CC[C@H]4C3)CC2)ncn1. The Balaban J connectivity index is 1.03. The zero-order valence-corrected chi connectivity index (χ0v) is 25.8. The molecule has 2 atom stereocenters. The molecule has 232 valence electrons. The molecule has 44 heavy (non-hydrogen) atoms. The number of carbonyl (C=O) groups is 2. The van der Waals surface area contributed by atoms with Gasteiger partial charge in [-0.05, 0) is 73.4 Å². The number of rotatable bonds is 6. The van der Waals surface area contributed by atoms with Crippen LogP contribution in [0.5, 0.6) is 11.6 Å². The van der Waals surface area contributed by atoms with Crippen molar-refractivity contribution in [3.05, 3.63) is 65.2 Å². The number of piperidine rings is 1. The van der Waals surface area contributed by atoms with Crippen molar-refractivity contribution in [2.75, 3.05) is 58.4 Å². The van der Waals surface area contributed by atoms with Crippen molar-refractivity contribution in [2.45, 2.75) is 25.7 Å². The van der Waals surface area contributed by atoms with Crippen LogP contribution in [-0.2, 0) is 4.79 Å². The first-order valence-electron chi connectivity index (χ1n) is 15.2. The molecule has 2 aromatic carbocycles. The fraction of sp³-hybridized carbons (Fsp3) is 0.455. The van der Waals surface area contributed by atoms with Crippen molar-refractivity contribution in [2.24, 2.45) is 17.8 Å². The van der Waals surface area contributed by atoms with Gasteiger partial charge in [0.2, 0.25) is 11.8 Å². The summed E-state index contributed by atoms with van der Waals surface area (Å²) in [7, 11) is 3.12. The second kappa shape index (κ2) is 13.0. The van der Waals surface area contributed by atoms with Gasteiger partial charge in [-0.2, -0.15) is 0 Å². The van der Waals surface area contributed by atoms with Crippen LogP contribution >= 0.6 is 11.6 Å². The van der Waals surface area contributed by atoms with Crippen LogP contribution in [0.4, 0.5) is 10.2 Å². The van der Waals surface area contributed by atoms with Gasteiger partial charge < -0.3 is 24.2 Å². The average molecular weight is 622 g/mol. The molecule has 4 heterocycles. The summed E-state index contributed by atoms with van der Waals surface area (Å²) in [6.45, 7) is 4.29. The van der Waals surface area contributed by atoms with Crippen LogP contribution in [-0.4, -0.2) is 85.1 Å². The maximum Gasteiger partial charge on any atom is 0.255 e. The Bertz CT molecular complexity index is 1520. The standard InChI is InChI=1S/C33H37ClFN5O4/c1-43-29-6-4-25(35)16-27(29)22-3-5-26(28(34)15-22)33(42)39-13-9-23-18-40(19-24(23)10-14-39)32(41)21-7-11-38(12-8-21)30-17-31(44-2)37-20-36-30/h3-6,15-17,20-21,23-24H,7-14,18-19H2,1-2H3/t23-,24+. The number of carbonyl (C=O) groups excluding carboxylic acids is 2. The Morgan fingerprint density at radius 3 is 2.25 bits per heavy atom. The highest BCUT2D eigenvalue weighted by atomic mass is 35.5. The Hall–Kier alpha value is -3.92. The number of anilines is 1. The number of methoxy groups -OCH3 is 2. The first kappa shape index (κ1) is 30.1. The third kappa shape index (κ3) is 6.18. The number of hydrogen-bond acceptors (Lipinski definition) is 7. The van der Waals surface area contributed by atoms with Crippen molar-refractivity contribution in [1.82, 2.24) is 19.8 Å². The molecule has 3 aliphatic heterocycles. The fourth-order valence-corrected chi connectivity index (χ4v) is 7.15. The van der Waals surface area contributed by atoms with Gasteiger partial charge in [0, 0.05) is 56.8 Å². The van der Waals surface area contributed by atoms with Crippen LogP contribution < -0.4 is 14.4 Å². The molecule has 11 heteroatoms. The highest BCUT2D eigenvalue weighted by Gasteiger charge is 2.40. The molecule has 2 amide bonds. The minimum Gasteiger partial charge on any atom is -0.496 e. The number of hydrogen-bond donors (Lipinski definition) is 0. The van der Waals surface area contributed by atoms with Gasteiger partial charge in [-0.3, -0.25) is 9.59 Å². The maximum absolute atomic E-state index is 13.9. The smallest absolute Gasteiger partial charge is 0.255 e. The van der Waals surface area contributed by atoms with Gasteiger partial charge in [0.25, 0.3) is 5.91 Å². The number of nitrogens with zero attached hydrogens (tertiary/aromatic N) is 5. The summed E-state index contributed by atoms with van der Waals surface area (Å²) >= 11 is 6.61. The first-order valence-corrected chi connectivity index (χ1v) is 15.5. The molecule has 0 spiro atoms. The number of likely N-dealkylation sites (tertiary alicyclic amines) is 2. The molecular formula is C33H37ClFN5O4. The lowest BCUT2D eigenvalue weighted by Crippen LogP contribution is -2.42. The van der Waals surface area contributed by atoms with E-state index in [4.69, 9.17) is 21.1 Å². The Morgan fingerprint density at radius 1 is 0.864 bits per heavy atom. The van der Waals surface area contributed by atoms with Gasteiger partial charge in [-0.25, -0.2) is 14.4 Å². The van der Waals surface area contributed by atoms with E-state index in [2.05, 4.69) is 19.8 Å². The first-order chi connectivity index (χ1) is 21.3. The molecule has 0 N–H and O–H groups in total. The van der Waals surface area contributed by atoms with Crippen LogP contribution in [0, 0.1) is 23.6 Å². The van der Waals surface area contributed by atoms with Crippen molar-refractivity contribution in [3.8, 4) is 22.8 Å². The molecule has 0 unspecified atom stereocenters. The quantitative estimate of drug-likeness (QED) is 0.375. The zero-order valence-electron chi connectivity index (χ0n) is 25.0. The Morgan fingerprint density at radius 2 is 1.59 bits per heavy atom. The minimum atomic E-state index is -0.377. The molecule has 6 rings (SSSR count). The summed E-state index contributed by atoms with van der Waals surface area (Å²) in [6, 6.07) is 11.3. The number of fused-ring (bicyclic) bond motifs is 1. The number of amides is 2. The summed E-state index contributed by atoms with van der Waals surface area (Å²) in [5.74, 6) is 2.45. The molecular weight excluding hydrogens is 585 g/mol. The number of ether oxygens (including phenoxy) is 2. The monoisotopic (exact) mass is 621 g/mol. The van der Waals surface area contributed by atoms with Crippen molar-refractivity contribution >= 4 is 29.2 Å². The van der Waals surface area contributed by atoms with Gasteiger partial charge in [-0.1, -0.05) is 17.7 Å². The number of benzene rings is 2. The zero-order chi connectivity index (χ0) is 30.8. The molecule has 3 fully saturated rings. The van der Waals surface area contributed by atoms with Crippen molar-refractivity contribution in [1.29, 1.82) is 0 Å². The number of halogens is 2. The molecule has 0 saturated carbocycles. The van der Waals surface area contributed by atoms with Crippen molar-refractivity contribution < 1.29 is 23.5 Å². The topological polar surface area (TPSA) is 88.1 Å². The van der Waals surface area contributed by atoms with E-state index in [9.17, 15) is 14.0 Å². The van der Waals surface area contributed by atoms with Crippen LogP contribution in [0.3, 0.4) is 0 Å². The highest BCUT2D eigenvalue weighted by Crippen LogP contribution is 2.36. The van der Waals surface area contributed by atoms with Gasteiger partial charge in [0.1, 0.15) is 23.7 Å². The minimum absolute atomic E-state index is 0.0212. The van der Waals surface area contributed by atoms with Crippen molar-refractivity contribution in [3.63, 3.8) is 0 Å². The molecule has 1 aromatic heterocycles. The van der Waals surface area contributed by atoms with Crippen LogP contribution in [0.15, 0.2) is 48.8 Å². The van der Waals surface area contributed by atoms with Crippen LogP contribution in [0.1, 0.15) is 36.0 Å². The predicted molar refractivity (Wildman–Crippen MR) is 166 cm³/mol. The summed E-state index contributed by atoms with van der Waals surface area (Å²) in [5.41, 5.74) is 1.69. The predicted octanol–water partition coefficient (Wildman–Crippen LogP) is 5.18. The van der Waals surface area contributed by atoms with Gasteiger partial charge in [-0.15, -0.1) is 0 Å². The molecule has 3 saturated heterocycles. The van der Waals surface area contributed by atoms with E-state index in [0.717, 1.165) is 57.7 Å². The largest absolute Gasteiger partial charge is 0.496 e. The van der Waals surface area contributed by atoms with Gasteiger partial charge in [0.05, 0.1) is 24.8 Å². The Kier molecular flexibility index (Phi) is 8.88. The lowest BCUT2D eigenvalue weighted by atomic mass is 9.92. The van der Waals surface area contributed by atoms with Crippen LogP contribution in [0.2, 0.25) is 5.02 Å². The third-order valence-corrected chi connectivity index (χ3v) is 9.70. The summed E-state index contributed by atoms with van der Waals surface area (Å²) in [4.78, 5) is 41.6. The molecule has 0 radical (unpaired) electrons. The summed E-state index contributed by atoms with van der Waals surface area (Å²) in [5, 5.41) is 0.324. The molecule has 3 aromatic rings. The average Bonchev–Trinajstić information content (AvgIpc) is 3.36. The molecule has 0 aliphatic carbocycles. The van der Waals surface area contributed by atoms with E-state index in [-0.39, 0.29) is 23.5 Å². The fourth-order valence-electron chi connectivity index (χ4n) is 6.89.